The molecule has 2 aromatic rings. The molecule has 1 aromatic carbocycles. The Morgan fingerprint density at radius 2 is 2.06 bits per heavy atom. The van der Waals surface area contributed by atoms with E-state index in [2.05, 4.69) is 5.16 Å². The summed E-state index contributed by atoms with van der Waals surface area (Å²) in [6.07, 6.45) is 1.47. The molecule has 0 bridgehead atoms. The van der Waals surface area contributed by atoms with Gasteiger partial charge < -0.3 is 10.3 Å². The van der Waals surface area contributed by atoms with Crippen molar-refractivity contribution in [3.63, 3.8) is 0 Å². The topological polar surface area (TPSA) is 52.0 Å². The largest absolute Gasteiger partial charge is 0.356 e. The van der Waals surface area contributed by atoms with Crippen LogP contribution in [0.15, 0.2) is 22.9 Å². The van der Waals surface area contributed by atoms with E-state index in [4.69, 9.17) is 33.5 Å². The Kier molecular flexibility index (Phi) is 3.14. The molecule has 16 heavy (non-hydrogen) atoms. The van der Waals surface area contributed by atoms with E-state index in [-0.39, 0.29) is 16.6 Å². The van der Waals surface area contributed by atoms with Crippen LogP contribution in [0.4, 0.5) is 4.39 Å². The third-order valence-electron chi connectivity index (χ3n) is 2.12. The van der Waals surface area contributed by atoms with Gasteiger partial charge in [-0.2, -0.15) is 0 Å². The molecule has 0 radical (unpaired) electrons. The van der Waals surface area contributed by atoms with Gasteiger partial charge in [0.2, 0.25) is 0 Å². The second-order valence-electron chi connectivity index (χ2n) is 3.13. The standard InChI is InChI=1S/C10H7Cl2FN2O/c11-7-2-8(12)9(13)1-6(7)10-5(3-14)4-15-16-10/h1-2,4H,3,14H2. The number of rotatable bonds is 2. The third kappa shape index (κ3) is 1.91. The summed E-state index contributed by atoms with van der Waals surface area (Å²) in [5, 5.41) is 3.84. The summed E-state index contributed by atoms with van der Waals surface area (Å²) in [6, 6.07) is 2.51. The molecule has 0 aliphatic carbocycles. The second-order valence-corrected chi connectivity index (χ2v) is 3.94. The average Bonchev–Trinajstić information content (AvgIpc) is 2.71. The van der Waals surface area contributed by atoms with Gasteiger partial charge in [-0.15, -0.1) is 0 Å². The van der Waals surface area contributed by atoms with Crippen LogP contribution in [0.2, 0.25) is 10.0 Å². The molecule has 0 aliphatic rings. The molecule has 0 saturated carbocycles. The van der Waals surface area contributed by atoms with Crippen molar-refractivity contribution in [2.75, 3.05) is 0 Å². The first-order valence-corrected chi connectivity index (χ1v) is 5.17. The normalized spacial score (nSPS) is 10.8. The van der Waals surface area contributed by atoms with Crippen LogP contribution in [0.5, 0.6) is 0 Å². The first kappa shape index (κ1) is 11.4. The lowest BCUT2D eigenvalue weighted by Gasteiger charge is -2.03. The Morgan fingerprint density at radius 1 is 1.31 bits per heavy atom. The second kappa shape index (κ2) is 4.41. The molecule has 84 valence electrons. The highest BCUT2D eigenvalue weighted by Crippen LogP contribution is 2.33. The van der Waals surface area contributed by atoms with Gasteiger partial charge in [-0.25, -0.2) is 4.39 Å². The summed E-state index contributed by atoms with van der Waals surface area (Å²) in [5.74, 6) is -0.205. The van der Waals surface area contributed by atoms with E-state index in [9.17, 15) is 4.39 Å². The number of benzene rings is 1. The summed E-state index contributed by atoms with van der Waals surface area (Å²) in [5.41, 5.74) is 6.53. The number of hydrogen-bond acceptors (Lipinski definition) is 3. The minimum atomic E-state index is -0.569. The van der Waals surface area contributed by atoms with Gasteiger partial charge in [-0.3, -0.25) is 0 Å². The highest BCUT2D eigenvalue weighted by molar-refractivity contribution is 6.36. The van der Waals surface area contributed by atoms with Crippen LogP contribution in [-0.2, 0) is 6.54 Å². The minimum absolute atomic E-state index is 0.0393. The average molecular weight is 261 g/mol. The molecule has 1 aromatic heterocycles. The van der Waals surface area contributed by atoms with Crippen molar-refractivity contribution in [2.45, 2.75) is 6.54 Å². The minimum Gasteiger partial charge on any atom is -0.356 e. The Hall–Kier alpha value is -1.10. The van der Waals surface area contributed by atoms with Crippen LogP contribution in [-0.4, -0.2) is 5.16 Å². The predicted molar refractivity (Wildman–Crippen MR) is 59.8 cm³/mol. The zero-order chi connectivity index (χ0) is 11.7. The molecule has 2 rings (SSSR count). The molecule has 0 atom stereocenters. The molecular formula is C10H7Cl2FN2O. The molecule has 0 unspecified atom stereocenters. The van der Waals surface area contributed by atoms with Gasteiger partial charge in [0.25, 0.3) is 0 Å². The van der Waals surface area contributed by atoms with Crippen molar-refractivity contribution in [2.24, 2.45) is 5.73 Å². The number of nitrogens with zero attached hydrogens (tertiary/aromatic N) is 1. The van der Waals surface area contributed by atoms with Gasteiger partial charge in [0.05, 0.1) is 16.2 Å². The molecule has 2 N–H and O–H groups in total. The van der Waals surface area contributed by atoms with E-state index in [1.807, 2.05) is 0 Å². The smallest absolute Gasteiger partial charge is 0.172 e. The molecule has 1 heterocycles. The lowest BCUT2D eigenvalue weighted by atomic mass is 10.1. The highest BCUT2D eigenvalue weighted by atomic mass is 35.5. The molecule has 6 heteroatoms. The van der Waals surface area contributed by atoms with E-state index in [0.29, 0.717) is 16.9 Å². The third-order valence-corrected chi connectivity index (χ3v) is 2.72. The van der Waals surface area contributed by atoms with E-state index >= 15 is 0 Å². The van der Waals surface area contributed by atoms with E-state index in [0.717, 1.165) is 0 Å². The molecule has 3 nitrogen and oxygen atoms in total. The molecule has 0 saturated heterocycles. The van der Waals surface area contributed by atoms with Crippen molar-refractivity contribution in [1.29, 1.82) is 0 Å². The fraction of sp³-hybridized carbons (Fsp3) is 0.100. The fourth-order valence-electron chi connectivity index (χ4n) is 1.32. The van der Waals surface area contributed by atoms with Crippen LogP contribution < -0.4 is 5.73 Å². The molecular weight excluding hydrogens is 254 g/mol. The van der Waals surface area contributed by atoms with E-state index in [1.165, 1.54) is 18.3 Å². The van der Waals surface area contributed by atoms with Crippen LogP contribution in [0, 0.1) is 5.82 Å². The SMILES string of the molecule is NCc1cnoc1-c1cc(F)c(Cl)cc1Cl. The molecule has 0 spiro atoms. The highest BCUT2D eigenvalue weighted by Gasteiger charge is 2.15. The summed E-state index contributed by atoms with van der Waals surface area (Å²) in [7, 11) is 0. The van der Waals surface area contributed by atoms with Gasteiger partial charge in [-0.05, 0) is 12.1 Å². The number of halogens is 3. The van der Waals surface area contributed by atoms with Crippen molar-refractivity contribution in [3.05, 3.63) is 39.8 Å². The van der Waals surface area contributed by atoms with Crippen LogP contribution in [0.3, 0.4) is 0 Å². The van der Waals surface area contributed by atoms with Gasteiger partial charge in [0.15, 0.2) is 5.76 Å². The Morgan fingerprint density at radius 3 is 2.75 bits per heavy atom. The van der Waals surface area contributed by atoms with E-state index < -0.39 is 5.82 Å². The quantitative estimate of drug-likeness (QED) is 0.844. The summed E-state index contributed by atoms with van der Waals surface area (Å²) in [6.45, 7) is 0.236. The van der Waals surface area contributed by atoms with E-state index in [1.54, 1.807) is 0 Å². The Bertz CT molecular complexity index is 528. The van der Waals surface area contributed by atoms with Gasteiger partial charge in [0.1, 0.15) is 5.82 Å². The van der Waals surface area contributed by atoms with Crippen molar-refractivity contribution < 1.29 is 8.91 Å². The van der Waals surface area contributed by atoms with Crippen LogP contribution in [0.1, 0.15) is 5.56 Å². The van der Waals surface area contributed by atoms with Gasteiger partial charge in [0, 0.05) is 17.7 Å². The van der Waals surface area contributed by atoms with Crippen LogP contribution in [0.25, 0.3) is 11.3 Å². The molecule has 0 fully saturated rings. The maximum Gasteiger partial charge on any atom is 0.172 e. The molecule has 0 amide bonds. The first-order chi connectivity index (χ1) is 7.63. The summed E-state index contributed by atoms with van der Waals surface area (Å²) < 4.78 is 18.3. The molecule has 0 aliphatic heterocycles. The van der Waals surface area contributed by atoms with Crippen LogP contribution >= 0.6 is 23.2 Å². The number of hydrogen-bond donors (Lipinski definition) is 1. The maximum absolute atomic E-state index is 13.3. The van der Waals surface area contributed by atoms with Gasteiger partial charge >= 0.3 is 0 Å². The van der Waals surface area contributed by atoms with Crippen molar-refractivity contribution in [3.8, 4) is 11.3 Å². The predicted octanol–water partition coefficient (Wildman–Crippen LogP) is 3.25. The summed E-state index contributed by atoms with van der Waals surface area (Å²) >= 11 is 11.5. The Labute approximate surface area is 101 Å². The lowest BCUT2D eigenvalue weighted by Crippen LogP contribution is -1.96. The number of aromatic nitrogens is 1. The zero-order valence-electron chi connectivity index (χ0n) is 8.01. The number of nitrogens with two attached hydrogens (primary N) is 1. The van der Waals surface area contributed by atoms with Crippen molar-refractivity contribution in [1.82, 2.24) is 5.16 Å². The lowest BCUT2D eigenvalue weighted by molar-refractivity contribution is 0.431. The van der Waals surface area contributed by atoms with Crippen molar-refractivity contribution >= 4 is 23.2 Å². The zero-order valence-corrected chi connectivity index (χ0v) is 9.52. The first-order valence-electron chi connectivity index (χ1n) is 4.42. The summed E-state index contributed by atoms with van der Waals surface area (Å²) in [4.78, 5) is 0. The Balaban J connectivity index is 2.60. The maximum atomic E-state index is 13.3. The monoisotopic (exact) mass is 260 g/mol. The van der Waals surface area contributed by atoms with Gasteiger partial charge in [-0.1, -0.05) is 28.4 Å². The fourth-order valence-corrected chi connectivity index (χ4v) is 1.79.